The van der Waals surface area contributed by atoms with Gasteiger partial charge in [-0.25, -0.2) is 9.59 Å². The summed E-state index contributed by atoms with van der Waals surface area (Å²) in [6.07, 6.45) is 9.29. The number of alkyl carbamates (subject to hydrolysis) is 2. The lowest BCUT2D eigenvalue weighted by atomic mass is 10.2. The average molecular weight is 503 g/mol. The van der Waals surface area contributed by atoms with E-state index >= 15 is 0 Å². The predicted molar refractivity (Wildman–Crippen MR) is 139 cm³/mol. The highest BCUT2D eigenvalue weighted by Crippen LogP contribution is 2.26. The van der Waals surface area contributed by atoms with Crippen molar-refractivity contribution in [1.29, 1.82) is 0 Å². The summed E-state index contributed by atoms with van der Waals surface area (Å²) in [5, 5.41) is 5.74. The van der Waals surface area contributed by atoms with Gasteiger partial charge in [-0.3, -0.25) is 0 Å². The average Bonchev–Trinajstić information content (AvgIpc) is 2.78. The predicted octanol–water partition coefficient (Wildman–Crippen LogP) is 6.42. The van der Waals surface area contributed by atoms with E-state index in [-0.39, 0.29) is 24.4 Å². The molecule has 194 valence electrons. The summed E-state index contributed by atoms with van der Waals surface area (Å²) >= 11 is 0. The molecule has 0 aliphatic carbocycles. The molecule has 0 aliphatic rings. The fraction of sp³-hybridized carbons (Fsp3) is 0.917. The van der Waals surface area contributed by atoms with E-state index in [0.29, 0.717) is 34.9 Å². The van der Waals surface area contributed by atoms with Crippen molar-refractivity contribution in [2.45, 2.75) is 129 Å². The van der Waals surface area contributed by atoms with Crippen molar-refractivity contribution in [3.8, 4) is 0 Å². The second kappa shape index (κ2) is 20.3. The van der Waals surface area contributed by atoms with Crippen LogP contribution in [0.3, 0.4) is 0 Å². The van der Waals surface area contributed by atoms with Crippen LogP contribution in [-0.2, 0) is 13.6 Å². The van der Waals surface area contributed by atoms with Gasteiger partial charge in [-0.05, 0) is 38.8 Å². The molecular formula is C24H50N2O5Si2. The maximum absolute atomic E-state index is 12.2. The van der Waals surface area contributed by atoms with E-state index in [2.05, 4.69) is 31.0 Å². The van der Waals surface area contributed by atoms with Crippen LogP contribution in [0.25, 0.3) is 0 Å². The first-order valence-corrected chi connectivity index (χ1v) is 17.3. The molecule has 2 radical (unpaired) electrons. The van der Waals surface area contributed by atoms with Gasteiger partial charge >= 0.3 is 12.2 Å². The standard InChI is InChI=1S/C24H50N2O5Si2/c1-7-11-13-15-17-25-23(27)29-21(9-3)19-33(6,31-32-5)20-22(10-4)30-24(28)26-18-16-14-12-8-2/h21-22H,7-20H2,1-6H3,(H,25,27)(H,26,28). The Morgan fingerprint density at radius 2 is 1.18 bits per heavy atom. The number of nitrogens with one attached hydrogen (secondary N) is 2. The molecule has 2 atom stereocenters. The first-order chi connectivity index (χ1) is 15.8. The van der Waals surface area contributed by atoms with Crippen LogP contribution in [0.2, 0.25) is 25.2 Å². The zero-order valence-corrected chi connectivity index (χ0v) is 24.1. The van der Waals surface area contributed by atoms with Crippen LogP contribution in [0, 0.1) is 0 Å². The van der Waals surface area contributed by atoms with Gasteiger partial charge in [0.15, 0.2) is 8.32 Å². The Balaban J connectivity index is 4.69. The zero-order valence-electron chi connectivity index (χ0n) is 22.1. The van der Waals surface area contributed by atoms with Gasteiger partial charge in [0.2, 0.25) is 9.76 Å². The van der Waals surface area contributed by atoms with Crippen LogP contribution in [0.15, 0.2) is 0 Å². The minimum atomic E-state index is -2.25. The van der Waals surface area contributed by atoms with Gasteiger partial charge in [0.25, 0.3) is 0 Å². The van der Waals surface area contributed by atoms with Crippen LogP contribution in [0.4, 0.5) is 9.59 Å². The molecule has 2 amide bonds. The Labute approximate surface area is 206 Å². The van der Waals surface area contributed by atoms with Gasteiger partial charge in [-0.1, -0.05) is 66.2 Å². The van der Waals surface area contributed by atoms with Crippen LogP contribution >= 0.6 is 0 Å². The largest absolute Gasteiger partial charge is 0.456 e. The summed E-state index contributed by atoms with van der Waals surface area (Å²) in [5.74, 6) is 0. The van der Waals surface area contributed by atoms with Crippen molar-refractivity contribution in [2.24, 2.45) is 0 Å². The summed E-state index contributed by atoms with van der Waals surface area (Å²) in [6, 6.07) is 1.40. The van der Waals surface area contributed by atoms with Crippen molar-refractivity contribution < 1.29 is 23.2 Å². The molecule has 2 unspecified atom stereocenters. The van der Waals surface area contributed by atoms with Crippen molar-refractivity contribution in [3.05, 3.63) is 0 Å². The van der Waals surface area contributed by atoms with Crippen molar-refractivity contribution in [1.82, 2.24) is 10.6 Å². The Kier molecular flexibility index (Phi) is 19.7. The van der Waals surface area contributed by atoms with Gasteiger partial charge in [0.1, 0.15) is 12.2 Å². The smallest absolute Gasteiger partial charge is 0.407 e. The van der Waals surface area contributed by atoms with E-state index in [4.69, 9.17) is 13.6 Å². The number of hydrogen-bond donors (Lipinski definition) is 2. The Bertz CT molecular complexity index is 473. The second-order valence-corrected chi connectivity index (χ2v) is 14.0. The molecule has 0 heterocycles. The third-order valence-corrected chi connectivity index (χ3v) is 11.2. The highest BCUT2D eigenvalue weighted by Gasteiger charge is 2.36. The highest BCUT2D eigenvalue weighted by molar-refractivity contribution is 6.76. The van der Waals surface area contributed by atoms with E-state index < -0.39 is 8.32 Å². The normalized spacial score (nSPS) is 14.7. The SMILES string of the molecule is CCCCCCNC(=O)OC(CC)C[Si](C)(CC(CC)OC(=O)NCCCCCC)O[Si]C. The van der Waals surface area contributed by atoms with Crippen LogP contribution < -0.4 is 10.6 Å². The van der Waals surface area contributed by atoms with Crippen molar-refractivity contribution in [3.63, 3.8) is 0 Å². The lowest BCUT2D eigenvalue weighted by molar-refractivity contribution is 0.0976. The second-order valence-electron chi connectivity index (χ2n) is 9.01. The van der Waals surface area contributed by atoms with E-state index in [1.807, 2.05) is 20.4 Å². The summed E-state index contributed by atoms with van der Waals surface area (Å²) in [4.78, 5) is 24.5. The molecule has 0 aromatic rings. The van der Waals surface area contributed by atoms with Gasteiger partial charge in [-0.2, -0.15) is 0 Å². The molecule has 0 aromatic heterocycles. The lowest BCUT2D eigenvalue weighted by Crippen LogP contribution is -2.44. The Morgan fingerprint density at radius 3 is 1.52 bits per heavy atom. The molecule has 0 aliphatic heterocycles. The van der Waals surface area contributed by atoms with Crippen LogP contribution in [0.5, 0.6) is 0 Å². The van der Waals surface area contributed by atoms with Gasteiger partial charge in [0, 0.05) is 25.2 Å². The number of rotatable bonds is 20. The monoisotopic (exact) mass is 502 g/mol. The minimum Gasteiger partial charge on any atom is -0.456 e. The summed E-state index contributed by atoms with van der Waals surface area (Å²) in [6.45, 7) is 13.9. The number of hydrogen-bond acceptors (Lipinski definition) is 5. The molecule has 0 spiro atoms. The zero-order chi connectivity index (χ0) is 25.0. The summed E-state index contributed by atoms with van der Waals surface area (Å²) in [5.41, 5.74) is 0. The molecule has 33 heavy (non-hydrogen) atoms. The summed E-state index contributed by atoms with van der Waals surface area (Å²) in [7, 11) is -1.89. The Hall–Kier alpha value is -1.07. The van der Waals surface area contributed by atoms with Crippen molar-refractivity contribution >= 4 is 30.3 Å². The van der Waals surface area contributed by atoms with E-state index in [1.54, 1.807) is 0 Å². The molecule has 0 rings (SSSR count). The number of carbonyl (C=O) groups excluding carboxylic acids is 2. The first kappa shape index (κ1) is 31.9. The molecule has 7 nitrogen and oxygen atoms in total. The fourth-order valence-electron chi connectivity index (χ4n) is 3.79. The van der Waals surface area contributed by atoms with Gasteiger partial charge in [-0.15, -0.1) is 0 Å². The molecule has 0 saturated heterocycles. The minimum absolute atomic E-state index is 0.196. The molecule has 9 heteroatoms. The van der Waals surface area contributed by atoms with Gasteiger partial charge in [0.05, 0.1) is 0 Å². The molecule has 0 bridgehead atoms. The lowest BCUT2D eigenvalue weighted by Gasteiger charge is -2.33. The number of amides is 2. The topological polar surface area (TPSA) is 85.9 Å². The molecule has 2 N–H and O–H groups in total. The maximum Gasteiger partial charge on any atom is 0.407 e. The molecular weight excluding hydrogens is 452 g/mol. The fourth-order valence-corrected chi connectivity index (χ4v) is 9.26. The van der Waals surface area contributed by atoms with E-state index in [9.17, 15) is 9.59 Å². The molecule has 0 saturated carbocycles. The first-order valence-electron chi connectivity index (χ1n) is 13.1. The number of ether oxygens (including phenoxy) is 2. The number of carbonyl (C=O) groups is 2. The Morgan fingerprint density at radius 1 is 0.758 bits per heavy atom. The number of unbranched alkanes of at least 4 members (excludes halogenated alkanes) is 6. The van der Waals surface area contributed by atoms with Crippen LogP contribution in [-0.4, -0.2) is 55.6 Å². The van der Waals surface area contributed by atoms with Crippen LogP contribution in [0.1, 0.15) is 91.9 Å². The molecule has 0 aromatic carbocycles. The third-order valence-electron chi connectivity index (χ3n) is 5.72. The third kappa shape index (κ3) is 17.1. The van der Waals surface area contributed by atoms with E-state index in [0.717, 1.165) is 38.5 Å². The van der Waals surface area contributed by atoms with Gasteiger partial charge < -0.3 is 24.2 Å². The highest BCUT2D eigenvalue weighted by atomic mass is 28.4. The van der Waals surface area contributed by atoms with Crippen molar-refractivity contribution in [2.75, 3.05) is 13.1 Å². The molecule has 0 fully saturated rings. The maximum atomic E-state index is 12.2. The summed E-state index contributed by atoms with van der Waals surface area (Å²) < 4.78 is 17.7. The quantitative estimate of drug-likeness (QED) is 0.148. The van der Waals surface area contributed by atoms with E-state index in [1.165, 1.54) is 25.7 Å².